The second-order valence-electron chi connectivity index (χ2n) is 8.27. The van der Waals surface area contributed by atoms with Crippen LogP contribution >= 0.6 is 0 Å². The number of guanidine groups is 1. The number of nitro groups is 1. The Labute approximate surface area is 202 Å². The van der Waals surface area contributed by atoms with Crippen LogP contribution in [0.25, 0.3) is 0 Å². The number of hydrazine groups is 1. The molecule has 12 heteroatoms. The lowest BCUT2D eigenvalue weighted by atomic mass is 9.88. The molecule has 1 aromatic rings. The van der Waals surface area contributed by atoms with Crippen molar-refractivity contribution in [1.82, 2.24) is 16.1 Å². The van der Waals surface area contributed by atoms with Gasteiger partial charge < -0.3 is 21.3 Å². The summed E-state index contributed by atoms with van der Waals surface area (Å²) in [6.07, 6.45) is 1.20. The number of hydrogen-bond acceptors (Lipinski definition) is 6. The molecule has 2 amide bonds. The molecule has 186 valence electrons. The number of rotatable bonds is 14. The maximum absolute atomic E-state index is 12.8. The van der Waals surface area contributed by atoms with Crippen molar-refractivity contribution in [2.45, 2.75) is 58.9 Å². The number of hydrogen-bond donors (Lipinski definition) is 4. The van der Waals surface area contributed by atoms with Crippen molar-refractivity contribution in [1.29, 1.82) is 0 Å². The molecule has 34 heavy (non-hydrogen) atoms. The van der Waals surface area contributed by atoms with Crippen LogP contribution in [0.2, 0.25) is 0 Å². The van der Waals surface area contributed by atoms with Gasteiger partial charge in [0.15, 0.2) is 5.03 Å². The van der Waals surface area contributed by atoms with Crippen LogP contribution < -0.4 is 26.7 Å². The molecule has 0 saturated carbocycles. The van der Waals surface area contributed by atoms with Crippen LogP contribution in [-0.2, 0) is 4.79 Å². The topological polar surface area (TPSA) is 155 Å². The molecular formula is C22H36BN7O4. The maximum Gasteiger partial charge on any atom is 0.251 e. The third kappa shape index (κ3) is 10.5. The lowest BCUT2D eigenvalue weighted by molar-refractivity contribution is -0.525. The molecule has 0 aliphatic carbocycles. The highest BCUT2D eigenvalue weighted by atomic mass is 16.7. The molecule has 0 aliphatic rings. The monoisotopic (exact) mass is 473 g/mol. The van der Waals surface area contributed by atoms with Gasteiger partial charge in [0.25, 0.3) is 11.9 Å². The zero-order chi connectivity index (χ0) is 25.7. The quantitative estimate of drug-likeness (QED) is 0.0789. The molecule has 5 N–H and O–H groups in total. The van der Waals surface area contributed by atoms with Gasteiger partial charge in [-0.15, -0.1) is 0 Å². The van der Waals surface area contributed by atoms with E-state index in [2.05, 4.69) is 34.4 Å². The Morgan fingerprint density at radius 3 is 2.32 bits per heavy atom. The predicted octanol–water partition coefficient (Wildman–Crippen LogP) is 1.16. The molecular weight excluding hydrogens is 437 g/mol. The maximum atomic E-state index is 12.8. The molecule has 2 radical (unpaired) electrons. The number of nitrogens with zero attached hydrogens (tertiary/aromatic N) is 3. The minimum Gasteiger partial charge on any atom is -0.372 e. The molecule has 1 aromatic carbocycles. The van der Waals surface area contributed by atoms with Crippen LogP contribution in [0.15, 0.2) is 29.3 Å². The summed E-state index contributed by atoms with van der Waals surface area (Å²) in [5, 5.41) is 15.1. The average molecular weight is 473 g/mol. The third-order valence-corrected chi connectivity index (χ3v) is 5.07. The minimum absolute atomic E-state index is 0.142. The number of nitrogens with two attached hydrogens (primary N) is 1. The first-order valence-electron chi connectivity index (χ1n) is 11.5. The van der Waals surface area contributed by atoms with Crippen LogP contribution in [-0.4, -0.2) is 62.3 Å². The standard InChI is InChI=1S/C22H36BN7O4/c1-5-29(6-2)17-11-9-16(10-12-17)20(31)26-18(21(32)27-19(23)14-15(3)4)8-7-13-25-22(24)28-30(33)34/h9-12,15,18-19H,5-8,13-14H2,1-4H3,(H,26,31)(H,27,32)(H3,24,25,28)/t18-,19-/m0/s1. The van der Waals surface area contributed by atoms with Crippen LogP contribution in [0.3, 0.4) is 0 Å². The molecule has 0 aromatic heterocycles. The van der Waals surface area contributed by atoms with E-state index in [4.69, 9.17) is 13.6 Å². The second-order valence-corrected chi connectivity index (χ2v) is 8.27. The Morgan fingerprint density at radius 1 is 1.18 bits per heavy atom. The van der Waals surface area contributed by atoms with Gasteiger partial charge in [0, 0.05) is 30.9 Å². The molecule has 0 unspecified atom stereocenters. The summed E-state index contributed by atoms with van der Waals surface area (Å²) >= 11 is 0. The number of amides is 2. The van der Waals surface area contributed by atoms with Crippen LogP contribution in [0.1, 0.15) is 57.3 Å². The van der Waals surface area contributed by atoms with E-state index >= 15 is 0 Å². The molecule has 0 bridgehead atoms. The second kappa shape index (κ2) is 14.8. The molecule has 0 spiro atoms. The Kier molecular flexibility index (Phi) is 12.5. The summed E-state index contributed by atoms with van der Waals surface area (Å²) in [6.45, 7) is 9.95. The fourth-order valence-corrected chi connectivity index (χ4v) is 3.40. The van der Waals surface area contributed by atoms with Gasteiger partial charge in [-0.1, -0.05) is 19.3 Å². The van der Waals surface area contributed by atoms with E-state index in [9.17, 15) is 19.7 Å². The first kappa shape index (κ1) is 28.7. The Hall–Kier alpha value is -3.31. The van der Waals surface area contributed by atoms with Crippen molar-refractivity contribution in [3.8, 4) is 0 Å². The number of carbonyl (C=O) groups excluding carboxylic acids is 2. The summed E-state index contributed by atoms with van der Waals surface area (Å²) in [7, 11) is 6.01. The number of nitrogens with one attached hydrogen (secondary N) is 3. The molecule has 2 atom stereocenters. The number of aliphatic imine (C=N–C) groups is 1. The van der Waals surface area contributed by atoms with E-state index < -0.39 is 22.9 Å². The fourth-order valence-electron chi connectivity index (χ4n) is 3.40. The van der Waals surface area contributed by atoms with Crippen LogP contribution in [0.4, 0.5) is 5.69 Å². The normalized spacial score (nSPS) is 13.1. The molecule has 0 aliphatic heterocycles. The summed E-state index contributed by atoms with van der Waals surface area (Å²) < 4.78 is 0. The van der Waals surface area contributed by atoms with Gasteiger partial charge in [-0.25, -0.2) is 15.1 Å². The van der Waals surface area contributed by atoms with E-state index in [0.717, 1.165) is 18.8 Å². The lowest BCUT2D eigenvalue weighted by Crippen LogP contribution is -2.50. The largest absolute Gasteiger partial charge is 0.372 e. The first-order valence-corrected chi connectivity index (χ1v) is 11.5. The molecule has 11 nitrogen and oxygen atoms in total. The summed E-state index contributed by atoms with van der Waals surface area (Å²) in [4.78, 5) is 42.0. The Morgan fingerprint density at radius 2 is 1.79 bits per heavy atom. The van der Waals surface area contributed by atoms with Crippen molar-refractivity contribution >= 4 is 31.3 Å². The number of anilines is 1. The molecule has 0 saturated heterocycles. The third-order valence-electron chi connectivity index (χ3n) is 5.07. The predicted molar refractivity (Wildman–Crippen MR) is 134 cm³/mol. The molecule has 0 heterocycles. The highest BCUT2D eigenvalue weighted by Crippen LogP contribution is 2.15. The van der Waals surface area contributed by atoms with Crippen molar-refractivity contribution in [3.05, 3.63) is 39.9 Å². The zero-order valence-electron chi connectivity index (χ0n) is 20.4. The van der Waals surface area contributed by atoms with E-state index in [-0.39, 0.29) is 24.8 Å². The van der Waals surface area contributed by atoms with Gasteiger partial charge in [0.05, 0.1) is 7.85 Å². The van der Waals surface area contributed by atoms with Gasteiger partial charge in [-0.3, -0.25) is 9.59 Å². The van der Waals surface area contributed by atoms with Crippen molar-refractivity contribution < 1.29 is 14.6 Å². The van der Waals surface area contributed by atoms with E-state index in [0.29, 0.717) is 24.3 Å². The van der Waals surface area contributed by atoms with Crippen molar-refractivity contribution in [3.63, 3.8) is 0 Å². The SMILES string of the molecule is [B][C@H](CC(C)C)NC(=O)[C@H](CCCN=C(N)N[N+](=O)[O-])NC(=O)c1ccc(N(CC)CC)cc1. The number of carbonyl (C=O) groups is 2. The summed E-state index contributed by atoms with van der Waals surface area (Å²) in [5.41, 5.74) is 8.59. The zero-order valence-corrected chi connectivity index (χ0v) is 20.4. The highest BCUT2D eigenvalue weighted by molar-refractivity contribution is 6.13. The van der Waals surface area contributed by atoms with Gasteiger partial charge in [0.2, 0.25) is 5.91 Å². The smallest absolute Gasteiger partial charge is 0.251 e. The lowest BCUT2D eigenvalue weighted by Gasteiger charge is -2.23. The van der Waals surface area contributed by atoms with Gasteiger partial charge in [-0.05, 0) is 69.2 Å². The first-order chi connectivity index (χ1) is 16.1. The van der Waals surface area contributed by atoms with E-state index in [1.807, 2.05) is 26.0 Å². The molecule has 1 rings (SSSR count). The average Bonchev–Trinajstić information content (AvgIpc) is 2.75. The van der Waals surface area contributed by atoms with E-state index in [1.54, 1.807) is 17.6 Å². The highest BCUT2D eigenvalue weighted by Gasteiger charge is 2.23. The van der Waals surface area contributed by atoms with Crippen LogP contribution in [0.5, 0.6) is 0 Å². The van der Waals surface area contributed by atoms with E-state index in [1.165, 1.54) is 0 Å². The number of benzene rings is 1. The van der Waals surface area contributed by atoms with Gasteiger partial charge in [0.1, 0.15) is 6.04 Å². The van der Waals surface area contributed by atoms with Crippen molar-refractivity contribution in [2.24, 2.45) is 16.6 Å². The Balaban J connectivity index is 2.86. The van der Waals surface area contributed by atoms with Gasteiger partial charge >= 0.3 is 0 Å². The minimum atomic E-state index is -0.854. The summed E-state index contributed by atoms with van der Waals surface area (Å²) in [5.74, 6) is -1.37. The molecule has 0 fully saturated rings. The van der Waals surface area contributed by atoms with Crippen LogP contribution in [0, 0.1) is 16.0 Å². The van der Waals surface area contributed by atoms with Crippen molar-refractivity contribution in [2.75, 3.05) is 24.5 Å². The Bertz CT molecular complexity index is 829. The summed E-state index contributed by atoms with van der Waals surface area (Å²) in [6, 6.07) is 6.33. The fraction of sp³-hybridized carbons (Fsp3) is 0.591. The van der Waals surface area contributed by atoms with Gasteiger partial charge in [-0.2, -0.15) is 0 Å².